The van der Waals surface area contributed by atoms with Crippen LogP contribution in [0.2, 0.25) is 5.02 Å². The Morgan fingerprint density at radius 1 is 1.58 bits per heavy atom. The van der Waals surface area contributed by atoms with Crippen LogP contribution in [-0.4, -0.2) is 36.0 Å². The number of piperidine rings is 1. The fourth-order valence-electron chi connectivity index (χ4n) is 2.42. The van der Waals surface area contributed by atoms with Crippen molar-refractivity contribution in [3.8, 4) is 0 Å². The molecule has 1 aliphatic heterocycles. The van der Waals surface area contributed by atoms with E-state index in [1.807, 2.05) is 10.3 Å². The Kier molecular flexibility index (Phi) is 5.25. The van der Waals surface area contributed by atoms with Crippen molar-refractivity contribution in [1.82, 2.24) is 10.2 Å². The van der Waals surface area contributed by atoms with Gasteiger partial charge in [-0.1, -0.05) is 18.0 Å². The van der Waals surface area contributed by atoms with E-state index in [9.17, 15) is 4.79 Å². The molecule has 19 heavy (non-hydrogen) atoms. The molecule has 1 aromatic heterocycles. The van der Waals surface area contributed by atoms with Crippen molar-refractivity contribution in [2.75, 3.05) is 13.1 Å². The predicted octanol–water partition coefficient (Wildman–Crippen LogP) is 3.39. The molecule has 1 aromatic rings. The minimum absolute atomic E-state index is 0.0578. The predicted molar refractivity (Wildman–Crippen MR) is 81.1 cm³/mol. The summed E-state index contributed by atoms with van der Waals surface area (Å²) in [6.07, 6.45) is 3.63. The second-order valence-corrected chi connectivity index (χ2v) is 6.62. The maximum Gasteiger partial charge on any atom is 0.265 e. The number of nitrogens with one attached hydrogen (secondary N) is 1. The molecule has 1 atom stereocenters. The Labute approximate surface area is 123 Å². The number of amides is 1. The first kappa shape index (κ1) is 14.8. The van der Waals surface area contributed by atoms with Gasteiger partial charge in [-0.05, 0) is 44.7 Å². The van der Waals surface area contributed by atoms with Crippen LogP contribution < -0.4 is 5.32 Å². The molecule has 0 radical (unpaired) electrons. The smallest absolute Gasteiger partial charge is 0.265 e. The van der Waals surface area contributed by atoms with E-state index in [-0.39, 0.29) is 11.9 Å². The third-order valence-corrected chi connectivity index (χ3v) is 4.85. The van der Waals surface area contributed by atoms with E-state index in [2.05, 4.69) is 19.2 Å². The summed E-state index contributed by atoms with van der Waals surface area (Å²) in [6, 6.07) is 2.39. The van der Waals surface area contributed by atoms with Gasteiger partial charge < -0.3 is 10.2 Å². The molecule has 2 heterocycles. The molecule has 1 unspecified atom stereocenters. The van der Waals surface area contributed by atoms with Gasteiger partial charge in [-0.25, -0.2) is 0 Å². The average Bonchev–Trinajstić information content (AvgIpc) is 2.82. The molecular weight excluding hydrogens is 280 g/mol. The molecule has 1 fully saturated rings. The van der Waals surface area contributed by atoms with Crippen molar-refractivity contribution in [3.63, 3.8) is 0 Å². The normalized spacial score (nSPS) is 19.7. The van der Waals surface area contributed by atoms with Crippen molar-refractivity contribution in [1.29, 1.82) is 0 Å². The van der Waals surface area contributed by atoms with E-state index in [1.54, 1.807) is 6.07 Å². The van der Waals surface area contributed by atoms with E-state index < -0.39 is 0 Å². The Morgan fingerprint density at radius 3 is 2.89 bits per heavy atom. The summed E-state index contributed by atoms with van der Waals surface area (Å²) in [4.78, 5) is 15.2. The molecule has 0 saturated carbocycles. The highest BCUT2D eigenvalue weighted by Crippen LogP contribution is 2.25. The van der Waals surface area contributed by atoms with Crippen molar-refractivity contribution in [3.05, 3.63) is 21.3 Å². The van der Waals surface area contributed by atoms with E-state index in [1.165, 1.54) is 24.2 Å². The molecule has 5 heteroatoms. The van der Waals surface area contributed by atoms with Crippen LogP contribution in [0.3, 0.4) is 0 Å². The fraction of sp³-hybridized carbons (Fsp3) is 0.643. The number of thiophene rings is 1. The third kappa shape index (κ3) is 3.71. The topological polar surface area (TPSA) is 32.3 Å². The summed E-state index contributed by atoms with van der Waals surface area (Å²) < 4.78 is 0. The number of nitrogens with zero attached hydrogens (tertiary/aromatic N) is 1. The molecule has 1 saturated heterocycles. The van der Waals surface area contributed by atoms with Gasteiger partial charge >= 0.3 is 0 Å². The van der Waals surface area contributed by atoms with Gasteiger partial charge in [0, 0.05) is 18.6 Å². The lowest BCUT2D eigenvalue weighted by atomic mass is 10.0. The Hall–Kier alpha value is -0.580. The summed E-state index contributed by atoms with van der Waals surface area (Å²) in [5, 5.41) is 5.93. The van der Waals surface area contributed by atoms with Gasteiger partial charge in [0.2, 0.25) is 0 Å². The fourth-order valence-corrected chi connectivity index (χ4v) is 3.51. The Balaban J connectivity index is 2.07. The zero-order valence-electron chi connectivity index (χ0n) is 11.5. The van der Waals surface area contributed by atoms with Crippen molar-refractivity contribution in [2.45, 2.75) is 45.2 Å². The van der Waals surface area contributed by atoms with Gasteiger partial charge in [0.15, 0.2) is 0 Å². The van der Waals surface area contributed by atoms with Gasteiger partial charge in [-0.15, -0.1) is 11.3 Å². The molecule has 0 aromatic carbocycles. The van der Waals surface area contributed by atoms with E-state index in [0.717, 1.165) is 19.5 Å². The lowest BCUT2D eigenvalue weighted by molar-refractivity contribution is 0.0682. The van der Waals surface area contributed by atoms with E-state index in [0.29, 0.717) is 15.9 Å². The van der Waals surface area contributed by atoms with Gasteiger partial charge in [0.1, 0.15) is 4.88 Å². The number of rotatable bonds is 4. The first-order valence-corrected chi connectivity index (χ1v) is 8.12. The first-order chi connectivity index (χ1) is 9.09. The largest absolute Gasteiger partial charge is 0.334 e. The van der Waals surface area contributed by atoms with Crippen LogP contribution >= 0.6 is 22.9 Å². The third-order valence-electron chi connectivity index (χ3n) is 3.53. The average molecular weight is 301 g/mol. The Bertz CT molecular complexity index is 427. The maximum absolute atomic E-state index is 12.6. The van der Waals surface area contributed by atoms with E-state index in [4.69, 9.17) is 11.6 Å². The number of carbonyl (C=O) groups excluding carboxylic acids is 1. The quantitative estimate of drug-likeness (QED) is 0.924. The minimum atomic E-state index is 0.0578. The highest BCUT2D eigenvalue weighted by Gasteiger charge is 2.25. The molecule has 1 amide bonds. The lowest BCUT2D eigenvalue weighted by Crippen LogP contribution is -2.48. The van der Waals surface area contributed by atoms with Crippen LogP contribution in [0.25, 0.3) is 0 Å². The van der Waals surface area contributed by atoms with Crippen LogP contribution in [-0.2, 0) is 0 Å². The van der Waals surface area contributed by atoms with Crippen LogP contribution in [0, 0.1) is 0 Å². The highest BCUT2D eigenvalue weighted by molar-refractivity contribution is 7.12. The van der Waals surface area contributed by atoms with Crippen molar-refractivity contribution < 1.29 is 4.79 Å². The molecular formula is C14H21ClN2OS. The number of hydrogen-bond acceptors (Lipinski definition) is 3. The SMILES string of the molecule is CC(C)N(CC1CCCCN1)C(=O)c1sccc1Cl. The zero-order valence-corrected chi connectivity index (χ0v) is 13.1. The number of halogens is 1. The second-order valence-electron chi connectivity index (χ2n) is 5.30. The highest BCUT2D eigenvalue weighted by atomic mass is 35.5. The van der Waals surface area contributed by atoms with Crippen molar-refractivity contribution >= 4 is 28.8 Å². The second kappa shape index (κ2) is 6.73. The molecule has 106 valence electrons. The molecule has 3 nitrogen and oxygen atoms in total. The van der Waals surface area contributed by atoms with Crippen LogP contribution in [0.4, 0.5) is 0 Å². The molecule has 2 rings (SSSR count). The molecule has 1 aliphatic rings. The number of carbonyl (C=O) groups is 1. The van der Waals surface area contributed by atoms with E-state index >= 15 is 0 Å². The summed E-state index contributed by atoms with van der Waals surface area (Å²) >= 11 is 7.50. The standard InChI is InChI=1S/C14H21ClN2OS/c1-10(2)17(9-11-5-3-4-7-16-11)14(18)13-12(15)6-8-19-13/h6,8,10-11,16H,3-5,7,9H2,1-2H3. The summed E-state index contributed by atoms with van der Waals surface area (Å²) in [5.74, 6) is 0.0578. The number of hydrogen-bond donors (Lipinski definition) is 1. The zero-order chi connectivity index (χ0) is 13.8. The summed E-state index contributed by atoms with van der Waals surface area (Å²) in [7, 11) is 0. The van der Waals surface area contributed by atoms with Gasteiger partial charge in [-0.3, -0.25) is 4.79 Å². The summed E-state index contributed by atoms with van der Waals surface area (Å²) in [5.41, 5.74) is 0. The van der Waals surface area contributed by atoms with Gasteiger partial charge in [0.05, 0.1) is 5.02 Å². The maximum atomic E-state index is 12.6. The molecule has 0 spiro atoms. The van der Waals surface area contributed by atoms with Gasteiger partial charge in [0.25, 0.3) is 5.91 Å². The van der Waals surface area contributed by atoms with Gasteiger partial charge in [-0.2, -0.15) is 0 Å². The molecule has 0 aliphatic carbocycles. The van der Waals surface area contributed by atoms with Crippen molar-refractivity contribution in [2.24, 2.45) is 0 Å². The monoisotopic (exact) mass is 300 g/mol. The summed E-state index contributed by atoms with van der Waals surface area (Å²) in [6.45, 7) is 5.94. The lowest BCUT2D eigenvalue weighted by Gasteiger charge is -2.33. The van der Waals surface area contributed by atoms with Crippen LogP contribution in [0.5, 0.6) is 0 Å². The molecule has 1 N–H and O–H groups in total. The first-order valence-electron chi connectivity index (χ1n) is 6.87. The van der Waals surface area contributed by atoms with Crippen LogP contribution in [0.15, 0.2) is 11.4 Å². The molecule has 0 bridgehead atoms. The minimum Gasteiger partial charge on any atom is -0.334 e. The Morgan fingerprint density at radius 2 is 2.37 bits per heavy atom. The van der Waals surface area contributed by atoms with Crippen LogP contribution in [0.1, 0.15) is 42.8 Å².